The highest BCUT2D eigenvalue weighted by atomic mass is 16.1. The van der Waals surface area contributed by atoms with Gasteiger partial charge in [0.2, 0.25) is 0 Å². The molecule has 1 saturated carbocycles. The molecule has 33 heavy (non-hydrogen) atoms. The van der Waals surface area contributed by atoms with E-state index in [9.17, 15) is 4.79 Å². The average Bonchev–Trinajstić information content (AvgIpc) is 2.81. The molecule has 6 nitrogen and oxygen atoms in total. The highest BCUT2D eigenvalue weighted by Gasteiger charge is 2.14. The molecule has 1 fully saturated rings. The van der Waals surface area contributed by atoms with Gasteiger partial charge in [-0.25, -0.2) is 0 Å². The first kappa shape index (κ1) is 26.0. The molecule has 6 heteroatoms. The summed E-state index contributed by atoms with van der Waals surface area (Å²) in [6, 6.07) is 8.03. The number of rotatable bonds is 11. The fraction of sp³-hybridized carbons (Fsp3) is 0.407. The van der Waals surface area contributed by atoms with Gasteiger partial charge in [0, 0.05) is 31.9 Å². The van der Waals surface area contributed by atoms with Gasteiger partial charge in [-0.3, -0.25) is 14.8 Å². The number of amides is 1. The number of aliphatic imine (C=N–C) groups is 2. The molecule has 0 spiro atoms. The van der Waals surface area contributed by atoms with E-state index >= 15 is 0 Å². The van der Waals surface area contributed by atoms with Crippen molar-refractivity contribution in [2.24, 2.45) is 15.1 Å². The summed E-state index contributed by atoms with van der Waals surface area (Å²) in [6.07, 6.45) is 13.3. The van der Waals surface area contributed by atoms with Crippen molar-refractivity contribution in [2.45, 2.75) is 51.5 Å². The molecule has 1 aliphatic rings. The van der Waals surface area contributed by atoms with Crippen molar-refractivity contribution in [1.29, 1.82) is 0 Å². The minimum absolute atomic E-state index is 0.137. The molecule has 0 unspecified atom stereocenters. The molecule has 0 heterocycles. The fourth-order valence-electron chi connectivity index (χ4n) is 3.58. The third-order valence-corrected chi connectivity index (χ3v) is 5.37. The summed E-state index contributed by atoms with van der Waals surface area (Å²) >= 11 is 0. The molecule has 1 aromatic carbocycles. The van der Waals surface area contributed by atoms with Crippen LogP contribution in [0.2, 0.25) is 0 Å². The number of hydrogen-bond donors (Lipinski definition) is 1. The Morgan fingerprint density at radius 3 is 2.55 bits per heavy atom. The van der Waals surface area contributed by atoms with Gasteiger partial charge in [0.1, 0.15) is 0 Å². The molecule has 0 radical (unpaired) electrons. The minimum Gasteiger partial charge on any atom is -0.349 e. The van der Waals surface area contributed by atoms with Crippen LogP contribution in [0.25, 0.3) is 5.57 Å². The van der Waals surface area contributed by atoms with Crippen molar-refractivity contribution in [3.05, 3.63) is 60.2 Å². The van der Waals surface area contributed by atoms with Crippen LogP contribution in [0, 0.1) is 0 Å². The minimum atomic E-state index is -0.137. The molecule has 1 aromatic rings. The Bertz CT molecular complexity index is 934. The average molecular weight is 448 g/mol. The zero-order valence-corrected chi connectivity index (χ0v) is 20.3. The van der Waals surface area contributed by atoms with Gasteiger partial charge < -0.3 is 10.3 Å². The number of carbonyl (C=O) groups excluding carboxylic acids is 1. The van der Waals surface area contributed by atoms with Crippen LogP contribution in [-0.4, -0.2) is 56.2 Å². The topological polar surface area (TPSA) is 69.4 Å². The van der Waals surface area contributed by atoms with Gasteiger partial charge in [0.05, 0.1) is 24.7 Å². The summed E-state index contributed by atoms with van der Waals surface area (Å²) in [5.74, 6) is -0.137. The van der Waals surface area contributed by atoms with E-state index in [0.29, 0.717) is 13.0 Å². The third-order valence-electron chi connectivity index (χ3n) is 5.37. The molecule has 176 valence electrons. The van der Waals surface area contributed by atoms with Crippen molar-refractivity contribution in [1.82, 2.24) is 10.3 Å². The highest BCUT2D eigenvalue weighted by molar-refractivity contribution is 6.27. The Morgan fingerprint density at radius 1 is 1.12 bits per heavy atom. The SMILES string of the molecule is C=C(/C=N\N(C)C)CN=C/C(=C\C)CC(=C)c1ccccc1N=CC(=O)NC1CCCCC1. The second-order valence-electron chi connectivity index (χ2n) is 8.48. The Balaban J connectivity index is 1.97. The highest BCUT2D eigenvalue weighted by Crippen LogP contribution is 2.29. The number of para-hydroxylation sites is 1. The molecule has 0 atom stereocenters. The van der Waals surface area contributed by atoms with Crippen molar-refractivity contribution in [3.8, 4) is 0 Å². The monoisotopic (exact) mass is 447 g/mol. The third kappa shape index (κ3) is 9.81. The van der Waals surface area contributed by atoms with Crippen LogP contribution < -0.4 is 5.32 Å². The maximum absolute atomic E-state index is 12.3. The summed E-state index contributed by atoms with van der Waals surface area (Å²) < 4.78 is 0. The molecule has 1 amide bonds. The van der Waals surface area contributed by atoms with Crippen LogP contribution in [0.4, 0.5) is 5.69 Å². The first-order valence-corrected chi connectivity index (χ1v) is 11.5. The molecular weight excluding hydrogens is 410 g/mol. The Labute approximate surface area is 198 Å². The smallest absolute Gasteiger partial charge is 0.262 e. The van der Waals surface area contributed by atoms with E-state index in [2.05, 4.69) is 33.6 Å². The molecule has 0 aromatic heterocycles. The van der Waals surface area contributed by atoms with Crippen LogP contribution in [-0.2, 0) is 4.79 Å². The Morgan fingerprint density at radius 2 is 1.85 bits per heavy atom. The number of allylic oxidation sites excluding steroid dienone is 3. The van der Waals surface area contributed by atoms with E-state index < -0.39 is 0 Å². The van der Waals surface area contributed by atoms with Crippen molar-refractivity contribution < 1.29 is 4.79 Å². The number of nitrogens with one attached hydrogen (secondary N) is 1. The zero-order valence-electron chi connectivity index (χ0n) is 20.3. The van der Waals surface area contributed by atoms with Crippen LogP contribution >= 0.6 is 0 Å². The summed E-state index contributed by atoms with van der Waals surface area (Å²) in [6.45, 7) is 10.7. The second-order valence-corrected chi connectivity index (χ2v) is 8.48. The first-order valence-electron chi connectivity index (χ1n) is 11.5. The summed E-state index contributed by atoms with van der Waals surface area (Å²) in [4.78, 5) is 21.3. The summed E-state index contributed by atoms with van der Waals surface area (Å²) in [5.41, 5.74) is 4.46. The first-order chi connectivity index (χ1) is 15.9. The van der Waals surface area contributed by atoms with E-state index in [1.165, 1.54) is 25.5 Å². The molecule has 1 N–H and O–H groups in total. The van der Waals surface area contributed by atoms with Crippen LogP contribution in [0.5, 0.6) is 0 Å². The lowest BCUT2D eigenvalue weighted by Gasteiger charge is -2.21. The van der Waals surface area contributed by atoms with Crippen LogP contribution in [0.15, 0.2) is 69.7 Å². The molecule has 0 aliphatic heterocycles. The van der Waals surface area contributed by atoms with Gasteiger partial charge in [0.25, 0.3) is 5.91 Å². The summed E-state index contributed by atoms with van der Waals surface area (Å²) in [7, 11) is 3.73. The van der Waals surface area contributed by atoms with E-state index in [-0.39, 0.29) is 11.9 Å². The normalized spacial score (nSPS) is 15.4. The summed E-state index contributed by atoms with van der Waals surface area (Å²) in [5, 5.41) is 8.96. The molecule has 0 bridgehead atoms. The maximum atomic E-state index is 12.3. The Kier molecular flexibility index (Phi) is 11.0. The predicted molar refractivity (Wildman–Crippen MR) is 142 cm³/mol. The quantitative estimate of drug-likeness (QED) is 0.366. The Hall–Kier alpha value is -3.28. The van der Waals surface area contributed by atoms with Crippen LogP contribution in [0.3, 0.4) is 0 Å². The van der Waals surface area contributed by atoms with Gasteiger partial charge in [-0.05, 0) is 49.0 Å². The van der Waals surface area contributed by atoms with Gasteiger partial charge in [-0.15, -0.1) is 0 Å². The lowest BCUT2D eigenvalue weighted by molar-refractivity contribution is -0.115. The van der Waals surface area contributed by atoms with Crippen molar-refractivity contribution in [2.75, 3.05) is 20.6 Å². The largest absolute Gasteiger partial charge is 0.349 e. The second kappa shape index (κ2) is 14.0. The standard InChI is InChI=1S/C27H37N5O/c1-6-23(19-28-17-21(2)18-30-32(4)5)16-22(3)25-14-10-11-15-26(25)29-20-27(33)31-24-12-8-7-9-13-24/h6,10-11,14-15,18-20,24H,2-3,7-9,12-13,16-17H2,1,4-5H3,(H,31,33)/b23-6-,28-19?,29-20?,30-18-. The van der Waals surface area contributed by atoms with Crippen LogP contribution in [0.1, 0.15) is 51.0 Å². The van der Waals surface area contributed by atoms with E-state index in [0.717, 1.165) is 40.8 Å². The number of nitrogens with zero attached hydrogens (tertiary/aromatic N) is 4. The lowest BCUT2D eigenvalue weighted by Crippen LogP contribution is -2.36. The predicted octanol–water partition coefficient (Wildman–Crippen LogP) is 5.36. The van der Waals surface area contributed by atoms with Gasteiger partial charge in [0.15, 0.2) is 0 Å². The van der Waals surface area contributed by atoms with Gasteiger partial charge in [-0.1, -0.05) is 56.7 Å². The molecule has 1 aliphatic carbocycles. The number of hydrogen-bond acceptors (Lipinski definition) is 5. The van der Waals surface area contributed by atoms with Crippen molar-refractivity contribution in [3.63, 3.8) is 0 Å². The lowest BCUT2D eigenvalue weighted by atomic mass is 9.95. The fourth-order valence-corrected chi connectivity index (χ4v) is 3.58. The van der Waals surface area contributed by atoms with Gasteiger partial charge >= 0.3 is 0 Å². The number of benzene rings is 1. The molecule has 2 rings (SSSR count). The zero-order chi connectivity index (χ0) is 24.1. The van der Waals surface area contributed by atoms with E-state index in [4.69, 9.17) is 0 Å². The maximum Gasteiger partial charge on any atom is 0.262 e. The van der Waals surface area contributed by atoms with E-state index in [1.54, 1.807) is 11.2 Å². The van der Waals surface area contributed by atoms with E-state index in [1.807, 2.05) is 57.6 Å². The number of hydrazone groups is 1. The van der Waals surface area contributed by atoms with Gasteiger partial charge in [-0.2, -0.15) is 5.10 Å². The number of carbonyl (C=O) groups is 1. The molecule has 0 saturated heterocycles. The van der Waals surface area contributed by atoms with Crippen molar-refractivity contribution >= 4 is 35.8 Å². The molecular formula is C27H37N5O.